The fourth-order valence-corrected chi connectivity index (χ4v) is 2.26. The van der Waals surface area contributed by atoms with Crippen LogP contribution in [0.2, 0.25) is 5.02 Å². The van der Waals surface area contributed by atoms with E-state index in [2.05, 4.69) is 15.6 Å². The maximum atomic E-state index is 6.06. The van der Waals surface area contributed by atoms with Crippen molar-refractivity contribution in [1.82, 2.24) is 0 Å². The summed E-state index contributed by atoms with van der Waals surface area (Å²) < 4.78 is 5.11. The van der Waals surface area contributed by atoms with Crippen molar-refractivity contribution in [2.24, 2.45) is 10.7 Å². The second-order valence-corrected chi connectivity index (χ2v) is 5.29. The lowest BCUT2D eigenvalue weighted by atomic mass is 10.3. The molecule has 2 aromatic carbocycles. The third-order valence-corrected chi connectivity index (χ3v) is 3.44. The van der Waals surface area contributed by atoms with Crippen LogP contribution < -0.4 is 21.1 Å². The van der Waals surface area contributed by atoms with Crippen LogP contribution in [-0.4, -0.2) is 26.2 Å². The van der Waals surface area contributed by atoms with Gasteiger partial charge in [-0.05, 0) is 36.8 Å². The summed E-state index contributed by atoms with van der Waals surface area (Å²) in [6.45, 7) is 1.48. The van der Waals surface area contributed by atoms with Gasteiger partial charge in [-0.15, -0.1) is 0 Å². The molecule has 0 saturated heterocycles. The Morgan fingerprint density at radius 3 is 2.65 bits per heavy atom. The van der Waals surface area contributed by atoms with E-state index in [0.717, 1.165) is 24.3 Å². The number of rotatable bonds is 7. The van der Waals surface area contributed by atoms with Gasteiger partial charge in [-0.1, -0.05) is 29.8 Å². The van der Waals surface area contributed by atoms with Gasteiger partial charge in [0.05, 0.1) is 12.1 Å². The first kappa shape index (κ1) is 17.0. The Labute approximate surface area is 141 Å². The summed E-state index contributed by atoms with van der Waals surface area (Å²) in [6.07, 6.45) is 0.890. The number of nitrogens with one attached hydrogen (secondary N) is 2. The SMILES string of the molecule is COc1ccc(NC(N)=NCCCNc2ccccc2)cc1Cl. The highest BCUT2D eigenvalue weighted by molar-refractivity contribution is 6.32. The number of ether oxygens (including phenoxy) is 1. The lowest BCUT2D eigenvalue weighted by Gasteiger charge is -2.08. The van der Waals surface area contributed by atoms with E-state index in [0.29, 0.717) is 23.3 Å². The van der Waals surface area contributed by atoms with Crippen LogP contribution in [0.5, 0.6) is 5.75 Å². The number of nitrogens with two attached hydrogens (primary N) is 1. The van der Waals surface area contributed by atoms with Gasteiger partial charge in [0.15, 0.2) is 5.96 Å². The van der Waals surface area contributed by atoms with Crippen LogP contribution in [0.4, 0.5) is 11.4 Å². The van der Waals surface area contributed by atoms with Gasteiger partial charge in [-0.3, -0.25) is 4.99 Å². The Balaban J connectivity index is 1.74. The summed E-state index contributed by atoms with van der Waals surface area (Å²) in [5.74, 6) is 0.991. The van der Waals surface area contributed by atoms with Crippen LogP contribution in [0.15, 0.2) is 53.5 Å². The van der Waals surface area contributed by atoms with E-state index in [1.54, 1.807) is 19.2 Å². The number of aliphatic imine (C=N–C) groups is 1. The molecule has 0 aromatic heterocycles. The first-order chi connectivity index (χ1) is 11.2. The van der Waals surface area contributed by atoms with Crippen LogP contribution in [-0.2, 0) is 0 Å². The van der Waals surface area contributed by atoms with Gasteiger partial charge >= 0.3 is 0 Å². The molecule has 2 rings (SSSR count). The van der Waals surface area contributed by atoms with Crippen molar-refractivity contribution in [3.8, 4) is 5.75 Å². The molecule has 0 heterocycles. The summed E-state index contributed by atoms with van der Waals surface area (Å²) in [6, 6.07) is 15.4. The molecular formula is C17H21ClN4O. The molecule has 4 N–H and O–H groups in total. The lowest BCUT2D eigenvalue weighted by molar-refractivity contribution is 0.415. The minimum atomic E-state index is 0.367. The van der Waals surface area contributed by atoms with Gasteiger partial charge < -0.3 is 21.1 Å². The van der Waals surface area contributed by atoms with E-state index < -0.39 is 0 Å². The molecule has 0 atom stereocenters. The Hall–Kier alpha value is -2.40. The van der Waals surface area contributed by atoms with Crippen LogP contribution in [0.1, 0.15) is 6.42 Å². The lowest BCUT2D eigenvalue weighted by Crippen LogP contribution is -2.23. The third kappa shape index (κ3) is 5.71. The average Bonchev–Trinajstić information content (AvgIpc) is 2.56. The number of methoxy groups -OCH3 is 1. The standard InChI is InChI=1S/C17H21ClN4O/c1-23-16-9-8-14(12-15(16)18)22-17(19)21-11-5-10-20-13-6-3-2-4-7-13/h2-4,6-9,12,20H,5,10-11H2,1H3,(H3,19,21,22). The van der Waals surface area contributed by atoms with E-state index in [-0.39, 0.29) is 0 Å². The van der Waals surface area contributed by atoms with Crippen molar-refractivity contribution in [2.75, 3.05) is 30.8 Å². The molecule has 122 valence electrons. The number of halogens is 1. The summed E-state index contributed by atoms with van der Waals surface area (Å²) >= 11 is 6.06. The van der Waals surface area contributed by atoms with Crippen molar-refractivity contribution in [1.29, 1.82) is 0 Å². The Morgan fingerprint density at radius 1 is 1.17 bits per heavy atom. The van der Waals surface area contributed by atoms with Gasteiger partial charge in [0.25, 0.3) is 0 Å². The number of benzene rings is 2. The predicted octanol–water partition coefficient (Wildman–Crippen LogP) is 3.58. The summed E-state index contributed by atoms with van der Waals surface area (Å²) in [7, 11) is 1.58. The number of hydrogen-bond acceptors (Lipinski definition) is 3. The zero-order valence-electron chi connectivity index (χ0n) is 13.1. The number of hydrogen-bond donors (Lipinski definition) is 3. The van der Waals surface area contributed by atoms with Gasteiger partial charge in [-0.2, -0.15) is 0 Å². The Morgan fingerprint density at radius 2 is 1.96 bits per heavy atom. The molecule has 5 nitrogen and oxygen atoms in total. The topological polar surface area (TPSA) is 71.7 Å². The monoisotopic (exact) mass is 332 g/mol. The van der Waals surface area contributed by atoms with Gasteiger partial charge in [0, 0.05) is 24.5 Å². The number of anilines is 2. The zero-order chi connectivity index (χ0) is 16.5. The molecule has 6 heteroatoms. The molecule has 0 fully saturated rings. The molecule has 0 unspecified atom stereocenters. The number of nitrogens with zero attached hydrogens (tertiary/aromatic N) is 1. The van der Waals surface area contributed by atoms with Crippen molar-refractivity contribution in [3.05, 3.63) is 53.6 Å². The Bertz CT molecular complexity index is 646. The maximum Gasteiger partial charge on any atom is 0.193 e. The number of para-hydroxylation sites is 1. The summed E-state index contributed by atoms with van der Waals surface area (Å²) in [5.41, 5.74) is 7.75. The average molecular weight is 333 g/mol. The second-order valence-electron chi connectivity index (χ2n) is 4.89. The molecule has 0 radical (unpaired) electrons. The fourth-order valence-electron chi connectivity index (χ4n) is 2.00. The van der Waals surface area contributed by atoms with Gasteiger partial charge in [0.1, 0.15) is 5.75 Å². The third-order valence-electron chi connectivity index (χ3n) is 3.14. The molecule has 0 aliphatic rings. The smallest absolute Gasteiger partial charge is 0.193 e. The van der Waals surface area contributed by atoms with Crippen molar-refractivity contribution in [3.63, 3.8) is 0 Å². The molecular weight excluding hydrogens is 312 g/mol. The first-order valence-corrected chi connectivity index (χ1v) is 7.76. The molecule has 0 aliphatic heterocycles. The quantitative estimate of drug-likeness (QED) is 0.412. The zero-order valence-corrected chi connectivity index (χ0v) is 13.8. The minimum Gasteiger partial charge on any atom is -0.495 e. The van der Waals surface area contributed by atoms with E-state index >= 15 is 0 Å². The van der Waals surface area contributed by atoms with E-state index in [1.807, 2.05) is 36.4 Å². The van der Waals surface area contributed by atoms with Gasteiger partial charge in [-0.25, -0.2) is 0 Å². The minimum absolute atomic E-state index is 0.367. The molecule has 23 heavy (non-hydrogen) atoms. The highest BCUT2D eigenvalue weighted by Crippen LogP contribution is 2.26. The molecule has 0 bridgehead atoms. The summed E-state index contributed by atoms with van der Waals surface area (Å²) in [4.78, 5) is 4.29. The first-order valence-electron chi connectivity index (χ1n) is 7.38. The molecule has 0 saturated carbocycles. The van der Waals surface area contributed by atoms with Crippen molar-refractivity contribution < 1.29 is 4.74 Å². The highest BCUT2D eigenvalue weighted by atomic mass is 35.5. The van der Waals surface area contributed by atoms with Crippen LogP contribution in [0.3, 0.4) is 0 Å². The fraction of sp³-hybridized carbons (Fsp3) is 0.235. The molecule has 2 aromatic rings. The van der Waals surface area contributed by atoms with Gasteiger partial charge in [0.2, 0.25) is 0 Å². The molecule has 0 spiro atoms. The Kier molecular flexibility index (Phi) is 6.56. The van der Waals surface area contributed by atoms with Crippen LogP contribution >= 0.6 is 11.6 Å². The summed E-state index contributed by atoms with van der Waals surface area (Å²) in [5, 5.41) is 6.86. The predicted molar refractivity (Wildman–Crippen MR) is 97.7 cm³/mol. The van der Waals surface area contributed by atoms with Crippen molar-refractivity contribution in [2.45, 2.75) is 6.42 Å². The van der Waals surface area contributed by atoms with E-state index in [4.69, 9.17) is 22.1 Å². The maximum absolute atomic E-state index is 6.06. The van der Waals surface area contributed by atoms with Crippen LogP contribution in [0.25, 0.3) is 0 Å². The highest BCUT2D eigenvalue weighted by Gasteiger charge is 2.02. The van der Waals surface area contributed by atoms with E-state index in [1.165, 1.54) is 0 Å². The second kappa shape index (κ2) is 8.90. The largest absolute Gasteiger partial charge is 0.495 e. The number of guanidine groups is 1. The van der Waals surface area contributed by atoms with Crippen molar-refractivity contribution >= 4 is 28.9 Å². The molecule has 0 aliphatic carbocycles. The molecule has 0 amide bonds. The van der Waals surface area contributed by atoms with E-state index in [9.17, 15) is 0 Å². The normalized spacial score (nSPS) is 11.1. The van der Waals surface area contributed by atoms with Crippen LogP contribution in [0, 0.1) is 0 Å².